The van der Waals surface area contributed by atoms with E-state index in [0.717, 1.165) is 18.4 Å². The van der Waals surface area contributed by atoms with Crippen LogP contribution in [0.4, 0.5) is 0 Å². The van der Waals surface area contributed by atoms with Crippen LogP contribution < -0.4 is 0 Å². The SMILES string of the molecule is Cc1ccc(C2OC2C(=O)OC2CCCCC2)cc1C. The summed E-state index contributed by atoms with van der Waals surface area (Å²) in [6.45, 7) is 4.16. The maximum absolute atomic E-state index is 12.1. The zero-order chi connectivity index (χ0) is 14.1. The zero-order valence-electron chi connectivity index (χ0n) is 12.2. The summed E-state index contributed by atoms with van der Waals surface area (Å²) < 4.78 is 11.1. The molecule has 2 atom stereocenters. The Hall–Kier alpha value is -1.35. The van der Waals surface area contributed by atoms with Crippen LogP contribution in [0.5, 0.6) is 0 Å². The molecule has 2 fully saturated rings. The molecule has 1 aromatic rings. The third kappa shape index (κ3) is 2.88. The highest BCUT2D eigenvalue weighted by Crippen LogP contribution is 2.40. The summed E-state index contributed by atoms with van der Waals surface area (Å²) in [5, 5.41) is 0. The highest BCUT2D eigenvalue weighted by molar-refractivity contribution is 5.78. The first kappa shape index (κ1) is 13.6. The van der Waals surface area contributed by atoms with Crippen LogP contribution in [0.15, 0.2) is 18.2 Å². The number of hydrogen-bond donors (Lipinski definition) is 0. The minimum atomic E-state index is -0.390. The van der Waals surface area contributed by atoms with Crippen LogP contribution in [-0.2, 0) is 14.3 Å². The molecular weight excluding hydrogens is 252 g/mol. The first-order valence-corrected chi connectivity index (χ1v) is 7.58. The molecule has 1 saturated heterocycles. The van der Waals surface area contributed by atoms with Gasteiger partial charge in [0.15, 0.2) is 6.10 Å². The summed E-state index contributed by atoms with van der Waals surface area (Å²) >= 11 is 0. The summed E-state index contributed by atoms with van der Waals surface area (Å²) in [6.07, 6.45) is 5.23. The van der Waals surface area contributed by atoms with Crippen LogP contribution in [0.25, 0.3) is 0 Å². The van der Waals surface area contributed by atoms with E-state index in [4.69, 9.17) is 9.47 Å². The van der Waals surface area contributed by atoms with Crippen LogP contribution >= 0.6 is 0 Å². The van der Waals surface area contributed by atoms with E-state index in [-0.39, 0.29) is 24.3 Å². The van der Waals surface area contributed by atoms with Gasteiger partial charge in [-0.2, -0.15) is 0 Å². The summed E-state index contributed by atoms with van der Waals surface area (Å²) in [4.78, 5) is 12.1. The Bertz CT molecular complexity index is 503. The topological polar surface area (TPSA) is 38.8 Å². The molecule has 3 heteroatoms. The van der Waals surface area contributed by atoms with Crippen LogP contribution in [-0.4, -0.2) is 18.2 Å². The van der Waals surface area contributed by atoms with E-state index < -0.39 is 0 Å². The minimum Gasteiger partial charge on any atom is -0.460 e. The maximum Gasteiger partial charge on any atom is 0.338 e. The van der Waals surface area contributed by atoms with Crippen molar-refractivity contribution in [2.75, 3.05) is 0 Å². The highest BCUT2D eigenvalue weighted by Gasteiger charge is 2.48. The molecule has 1 aliphatic heterocycles. The van der Waals surface area contributed by atoms with Crippen molar-refractivity contribution in [1.29, 1.82) is 0 Å². The first-order chi connectivity index (χ1) is 9.65. The van der Waals surface area contributed by atoms with Gasteiger partial charge in [-0.3, -0.25) is 0 Å². The number of aryl methyl sites for hydroxylation is 2. The summed E-state index contributed by atoms with van der Waals surface area (Å²) in [6, 6.07) is 6.23. The van der Waals surface area contributed by atoms with Gasteiger partial charge in [0.1, 0.15) is 12.2 Å². The Balaban J connectivity index is 1.57. The van der Waals surface area contributed by atoms with E-state index in [1.54, 1.807) is 0 Å². The van der Waals surface area contributed by atoms with Gasteiger partial charge in [0.25, 0.3) is 0 Å². The Morgan fingerprint density at radius 2 is 1.90 bits per heavy atom. The molecule has 0 amide bonds. The highest BCUT2D eigenvalue weighted by atomic mass is 16.6. The molecule has 20 heavy (non-hydrogen) atoms. The number of benzene rings is 1. The molecule has 0 bridgehead atoms. The lowest BCUT2D eigenvalue weighted by Crippen LogP contribution is -2.23. The number of ether oxygens (including phenoxy) is 2. The van der Waals surface area contributed by atoms with Gasteiger partial charge in [-0.1, -0.05) is 24.6 Å². The zero-order valence-corrected chi connectivity index (χ0v) is 12.2. The number of hydrogen-bond acceptors (Lipinski definition) is 3. The molecular formula is C17H22O3. The Labute approximate surface area is 120 Å². The summed E-state index contributed by atoms with van der Waals surface area (Å²) in [5.41, 5.74) is 3.58. The van der Waals surface area contributed by atoms with Gasteiger partial charge in [0.2, 0.25) is 0 Å². The lowest BCUT2D eigenvalue weighted by Gasteiger charge is -2.21. The Morgan fingerprint density at radius 3 is 2.60 bits per heavy atom. The number of carbonyl (C=O) groups is 1. The smallest absolute Gasteiger partial charge is 0.338 e. The van der Waals surface area contributed by atoms with E-state index in [0.29, 0.717) is 0 Å². The van der Waals surface area contributed by atoms with Crippen molar-refractivity contribution in [3.63, 3.8) is 0 Å². The second kappa shape index (κ2) is 5.57. The van der Waals surface area contributed by atoms with Crippen LogP contribution in [0, 0.1) is 13.8 Å². The van der Waals surface area contributed by atoms with Crippen molar-refractivity contribution in [1.82, 2.24) is 0 Å². The number of rotatable bonds is 3. The average Bonchev–Trinajstić information content (AvgIpc) is 3.23. The molecule has 0 radical (unpaired) electrons. The summed E-state index contributed by atoms with van der Waals surface area (Å²) in [7, 11) is 0. The van der Waals surface area contributed by atoms with Crippen molar-refractivity contribution < 1.29 is 14.3 Å². The molecule has 3 nitrogen and oxygen atoms in total. The second-order valence-electron chi connectivity index (χ2n) is 6.02. The molecule has 1 aliphatic carbocycles. The molecule has 1 saturated carbocycles. The van der Waals surface area contributed by atoms with Gasteiger partial charge in [0, 0.05) is 0 Å². The van der Waals surface area contributed by atoms with Crippen LogP contribution in [0.2, 0.25) is 0 Å². The number of carbonyl (C=O) groups excluding carboxylic acids is 1. The second-order valence-corrected chi connectivity index (χ2v) is 6.02. The normalized spacial score (nSPS) is 26.3. The van der Waals surface area contributed by atoms with Crippen LogP contribution in [0.3, 0.4) is 0 Å². The molecule has 3 rings (SSSR count). The molecule has 1 aromatic carbocycles. The fraction of sp³-hybridized carbons (Fsp3) is 0.588. The van der Waals surface area contributed by atoms with E-state index in [2.05, 4.69) is 26.0 Å². The number of epoxide rings is 1. The Kier molecular flexibility index (Phi) is 3.79. The third-order valence-electron chi connectivity index (χ3n) is 4.42. The van der Waals surface area contributed by atoms with E-state index in [9.17, 15) is 4.79 Å². The minimum absolute atomic E-state index is 0.106. The van der Waals surface area contributed by atoms with Gasteiger partial charge in [-0.15, -0.1) is 0 Å². The standard InChI is InChI=1S/C17H22O3/c1-11-8-9-13(10-12(11)2)15-16(20-15)17(18)19-14-6-4-3-5-7-14/h8-10,14-16H,3-7H2,1-2H3. The van der Waals surface area contributed by atoms with E-state index >= 15 is 0 Å². The molecule has 0 aromatic heterocycles. The van der Waals surface area contributed by atoms with E-state index in [1.165, 1.54) is 30.4 Å². The predicted molar refractivity (Wildman–Crippen MR) is 76.5 cm³/mol. The van der Waals surface area contributed by atoms with Crippen molar-refractivity contribution >= 4 is 5.97 Å². The van der Waals surface area contributed by atoms with E-state index in [1.807, 2.05) is 6.07 Å². The lowest BCUT2D eigenvalue weighted by atomic mass is 9.98. The monoisotopic (exact) mass is 274 g/mol. The van der Waals surface area contributed by atoms with Gasteiger partial charge in [0.05, 0.1) is 0 Å². The number of esters is 1. The summed E-state index contributed by atoms with van der Waals surface area (Å²) in [5.74, 6) is -0.180. The molecule has 2 unspecified atom stereocenters. The fourth-order valence-corrected chi connectivity index (χ4v) is 2.90. The first-order valence-electron chi connectivity index (χ1n) is 7.58. The van der Waals surface area contributed by atoms with Crippen molar-refractivity contribution in [3.8, 4) is 0 Å². The van der Waals surface area contributed by atoms with Gasteiger partial charge < -0.3 is 9.47 Å². The average molecular weight is 274 g/mol. The lowest BCUT2D eigenvalue weighted by molar-refractivity contribution is -0.152. The molecule has 2 aliphatic rings. The Morgan fingerprint density at radius 1 is 1.15 bits per heavy atom. The molecule has 1 heterocycles. The molecule has 108 valence electrons. The maximum atomic E-state index is 12.1. The fourth-order valence-electron chi connectivity index (χ4n) is 2.90. The van der Waals surface area contributed by atoms with Gasteiger partial charge >= 0.3 is 5.97 Å². The quantitative estimate of drug-likeness (QED) is 0.624. The van der Waals surface area contributed by atoms with Crippen molar-refractivity contribution in [3.05, 3.63) is 34.9 Å². The molecule has 0 N–H and O–H groups in total. The third-order valence-corrected chi connectivity index (χ3v) is 4.42. The predicted octanol–water partition coefficient (Wildman–Crippen LogP) is 3.62. The van der Waals surface area contributed by atoms with Gasteiger partial charge in [-0.05, 0) is 56.2 Å². The van der Waals surface area contributed by atoms with Crippen LogP contribution in [0.1, 0.15) is 54.9 Å². The van der Waals surface area contributed by atoms with Crippen molar-refractivity contribution in [2.24, 2.45) is 0 Å². The molecule has 0 spiro atoms. The van der Waals surface area contributed by atoms with Gasteiger partial charge in [-0.25, -0.2) is 4.79 Å². The largest absolute Gasteiger partial charge is 0.460 e. The van der Waals surface area contributed by atoms with Crippen molar-refractivity contribution in [2.45, 2.75) is 64.3 Å².